The van der Waals surface area contributed by atoms with Crippen molar-refractivity contribution in [3.05, 3.63) is 29.3 Å². The third-order valence-corrected chi connectivity index (χ3v) is 3.18. The van der Waals surface area contributed by atoms with Gasteiger partial charge < -0.3 is 10.6 Å². The molecule has 0 radical (unpaired) electrons. The average Bonchev–Trinajstić information content (AvgIpc) is 3.09. The van der Waals surface area contributed by atoms with Crippen LogP contribution in [0.5, 0.6) is 0 Å². The highest BCUT2D eigenvalue weighted by Crippen LogP contribution is 2.28. The van der Waals surface area contributed by atoms with Crippen LogP contribution < -0.4 is 10.6 Å². The molecule has 2 rings (SSSR count). The van der Waals surface area contributed by atoms with Crippen molar-refractivity contribution < 1.29 is 22.8 Å². The Labute approximate surface area is 134 Å². The minimum atomic E-state index is -4.66. The summed E-state index contributed by atoms with van der Waals surface area (Å²) in [6.45, 7) is 2.23. The van der Waals surface area contributed by atoms with E-state index in [1.165, 1.54) is 25.0 Å². The minimum absolute atomic E-state index is 0.0362. The average molecular weight is 344 g/mol. The van der Waals surface area contributed by atoms with Crippen molar-refractivity contribution in [1.82, 2.24) is 24.9 Å². The lowest BCUT2D eigenvalue weighted by Gasteiger charge is -2.04. The second kappa shape index (κ2) is 6.34. The first kappa shape index (κ1) is 17.5. The van der Waals surface area contributed by atoms with Crippen LogP contribution in [-0.4, -0.2) is 38.4 Å². The lowest BCUT2D eigenvalue weighted by Crippen LogP contribution is -2.22. The molecule has 2 aromatic rings. The predicted octanol–water partition coefficient (Wildman–Crippen LogP) is 1.27. The van der Waals surface area contributed by atoms with Crippen LogP contribution in [0.4, 0.5) is 18.9 Å². The zero-order chi connectivity index (χ0) is 18.1. The van der Waals surface area contributed by atoms with Gasteiger partial charge in [0.05, 0.1) is 5.69 Å². The highest BCUT2D eigenvalue weighted by Gasteiger charge is 2.35. The molecule has 0 saturated carbocycles. The van der Waals surface area contributed by atoms with Crippen LogP contribution in [0.3, 0.4) is 0 Å². The number of nitrogens with zero attached hydrogens (tertiary/aromatic N) is 4. The van der Waals surface area contributed by atoms with E-state index in [0.717, 1.165) is 4.68 Å². The Kier molecular flexibility index (Phi) is 4.62. The molecule has 0 fully saturated rings. The van der Waals surface area contributed by atoms with Crippen molar-refractivity contribution in [2.45, 2.75) is 19.6 Å². The SMILES string of the molecule is CCn1cc(NC(=O)c2cc(C(F)(F)F)nn2C)c(C(=O)NC)n1. The molecule has 0 bridgehead atoms. The van der Waals surface area contributed by atoms with Gasteiger partial charge in [0.15, 0.2) is 11.4 Å². The lowest BCUT2D eigenvalue weighted by molar-refractivity contribution is -0.141. The first-order chi connectivity index (χ1) is 11.2. The summed E-state index contributed by atoms with van der Waals surface area (Å²) >= 11 is 0. The van der Waals surface area contributed by atoms with Gasteiger partial charge in [-0.25, -0.2) is 0 Å². The van der Waals surface area contributed by atoms with Gasteiger partial charge in [0.1, 0.15) is 5.69 Å². The van der Waals surface area contributed by atoms with Gasteiger partial charge in [-0.3, -0.25) is 19.0 Å². The van der Waals surface area contributed by atoms with Crippen molar-refractivity contribution in [2.24, 2.45) is 7.05 Å². The Morgan fingerprint density at radius 1 is 1.25 bits per heavy atom. The Morgan fingerprint density at radius 2 is 1.92 bits per heavy atom. The molecule has 0 aliphatic rings. The molecular weight excluding hydrogens is 329 g/mol. The van der Waals surface area contributed by atoms with Crippen molar-refractivity contribution in [3.8, 4) is 0 Å². The van der Waals surface area contributed by atoms with Crippen molar-refractivity contribution in [3.63, 3.8) is 0 Å². The molecule has 0 saturated heterocycles. The monoisotopic (exact) mass is 344 g/mol. The molecule has 0 spiro atoms. The number of rotatable bonds is 4. The van der Waals surface area contributed by atoms with Crippen LogP contribution in [0, 0.1) is 0 Å². The van der Waals surface area contributed by atoms with Crippen molar-refractivity contribution >= 4 is 17.5 Å². The number of hydrogen-bond donors (Lipinski definition) is 2. The molecule has 2 N–H and O–H groups in total. The summed E-state index contributed by atoms with van der Waals surface area (Å²) in [7, 11) is 2.62. The second-order valence-electron chi connectivity index (χ2n) is 4.82. The Hall–Kier alpha value is -2.85. The molecule has 0 unspecified atom stereocenters. The normalized spacial score (nSPS) is 11.4. The molecular formula is C13H15F3N6O2. The summed E-state index contributed by atoms with van der Waals surface area (Å²) in [6.07, 6.45) is -3.24. The molecule has 2 aromatic heterocycles. The summed E-state index contributed by atoms with van der Waals surface area (Å²) in [6, 6.07) is 0.638. The quantitative estimate of drug-likeness (QED) is 0.873. The predicted molar refractivity (Wildman–Crippen MR) is 77.5 cm³/mol. The van der Waals surface area contributed by atoms with Gasteiger partial charge in [0.2, 0.25) is 0 Å². The van der Waals surface area contributed by atoms with E-state index in [9.17, 15) is 22.8 Å². The van der Waals surface area contributed by atoms with Crippen LogP contribution in [0.2, 0.25) is 0 Å². The zero-order valence-electron chi connectivity index (χ0n) is 13.1. The Balaban J connectivity index is 2.32. The van der Waals surface area contributed by atoms with Crippen LogP contribution in [0.1, 0.15) is 33.6 Å². The van der Waals surface area contributed by atoms with Crippen LogP contribution in [-0.2, 0) is 19.8 Å². The number of anilines is 1. The molecule has 0 aliphatic heterocycles. The van der Waals surface area contributed by atoms with Crippen LogP contribution >= 0.6 is 0 Å². The van der Waals surface area contributed by atoms with E-state index in [0.29, 0.717) is 12.6 Å². The van der Waals surface area contributed by atoms with Crippen LogP contribution in [0.25, 0.3) is 0 Å². The van der Waals surface area contributed by atoms with E-state index in [4.69, 9.17) is 0 Å². The first-order valence-electron chi connectivity index (χ1n) is 6.89. The third-order valence-electron chi connectivity index (χ3n) is 3.18. The maximum atomic E-state index is 12.7. The lowest BCUT2D eigenvalue weighted by atomic mass is 10.3. The maximum absolute atomic E-state index is 12.7. The number of aryl methyl sites for hydroxylation is 2. The molecule has 8 nitrogen and oxygen atoms in total. The smallest absolute Gasteiger partial charge is 0.354 e. The minimum Gasteiger partial charge on any atom is -0.354 e. The molecule has 11 heteroatoms. The molecule has 130 valence electrons. The van der Waals surface area contributed by atoms with Gasteiger partial charge >= 0.3 is 6.18 Å². The molecule has 0 aliphatic carbocycles. The number of hydrogen-bond acceptors (Lipinski definition) is 4. The number of nitrogens with one attached hydrogen (secondary N) is 2. The van der Waals surface area contributed by atoms with E-state index < -0.39 is 23.7 Å². The molecule has 2 heterocycles. The molecule has 0 aromatic carbocycles. The summed E-state index contributed by atoms with van der Waals surface area (Å²) in [5.74, 6) is -1.36. The largest absolute Gasteiger partial charge is 0.435 e. The second-order valence-corrected chi connectivity index (χ2v) is 4.82. The van der Waals surface area contributed by atoms with Gasteiger partial charge in [-0.1, -0.05) is 0 Å². The number of aromatic nitrogens is 4. The first-order valence-corrected chi connectivity index (χ1v) is 6.89. The zero-order valence-corrected chi connectivity index (χ0v) is 13.1. The number of carbonyl (C=O) groups is 2. The van der Waals surface area contributed by atoms with E-state index in [2.05, 4.69) is 20.8 Å². The fraction of sp³-hybridized carbons (Fsp3) is 0.385. The van der Waals surface area contributed by atoms with E-state index in [1.807, 2.05) is 0 Å². The number of amides is 2. The highest BCUT2D eigenvalue weighted by atomic mass is 19.4. The van der Waals surface area contributed by atoms with Crippen molar-refractivity contribution in [2.75, 3.05) is 12.4 Å². The number of carbonyl (C=O) groups excluding carboxylic acids is 2. The maximum Gasteiger partial charge on any atom is 0.435 e. The summed E-state index contributed by atoms with van der Waals surface area (Å²) in [5.41, 5.74) is -1.41. The van der Waals surface area contributed by atoms with E-state index in [1.54, 1.807) is 6.92 Å². The highest BCUT2D eigenvalue weighted by molar-refractivity contribution is 6.07. The van der Waals surface area contributed by atoms with Gasteiger partial charge in [0, 0.05) is 32.9 Å². The third kappa shape index (κ3) is 3.39. The van der Waals surface area contributed by atoms with Crippen molar-refractivity contribution in [1.29, 1.82) is 0 Å². The topological polar surface area (TPSA) is 93.8 Å². The standard InChI is InChI=1S/C13H15F3N6O2/c1-4-22-6-7(10(20-22)12(24)17-2)18-11(23)8-5-9(13(14,15)16)19-21(8)3/h5-6H,4H2,1-3H3,(H,17,24)(H,18,23). The fourth-order valence-electron chi connectivity index (χ4n) is 1.97. The van der Waals surface area contributed by atoms with Crippen LogP contribution in [0.15, 0.2) is 12.3 Å². The molecule has 24 heavy (non-hydrogen) atoms. The number of halogens is 3. The molecule has 2 amide bonds. The Morgan fingerprint density at radius 3 is 2.42 bits per heavy atom. The van der Waals surface area contributed by atoms with Gasteiger partial charge in [-0.05, 0) is 6.92 Å². The molecule has 0 atom stereocenters. The summed E-state index contributed by atoms with van der Waals surface area (Å²) in [5, 5.41) is 12.0. The summed E-state index contributed by atoms with van der Waals surface area (Å²) < 4.78 is 40.2. The fourth-order valence-corrected chi connectivity index (χ4v) is 1.97. The van der Waals surface area contributed by atoms with Gasteiger partial charge in [0.25, 0.3) is 11.8 Å². The summed E-state index contributed by atoms with van der Waals surface area (Å²) in [4.78, 5) is 24.0. The van der Waals surface area contributed by atoms with E-state index in [-0.39, 0.29) is 17.1 Å². The van der Waals surface area contributed by atoms with Gasteiger partial charge in [-0.2, -0.15) is 23.4 Å². The van der Waals surface area contributed by atoms with Gasteiger partial charge in [-0.15, -0.1) is 0 Å². The Bertz CT molecular complexity index is 777. The van der Waals surface area contributed by atoms with E-state index >= 15 is 0 Å². The number of alkyl halides is 3.